The Bertz CT molecular complexity index is 220. The van der Waals surface area contributed by atoms with Crippen molar-refractivity contribution in [3.63, 3.8) is 0 Å². The summed E-state index contributed by atoms with van der Waals surface area (Å²) in [5.74, 6) is 1.83. The lowest BCUT2D eigenvalue weighted by Gasteiger charge is -2.32. The van der Waals surface area contributed by atoms with Crippen molar-refractivity contribution in [1.82, 2.24) is 4.90 Å². The average molecular weight is 195 g/mol. The van der Waals surface area contributed by atoms with E-state index in [2.05, 4.69) is 39.5 Å². The maximum absolute atomic E-state index is 2.70. The second-order valence-electron chi connectivity index (χ2n) is 6.76. The molecule has 0 aromatic rings. The Labute approximate surface area is 88.9 Å². The Balaban J connectivity index is 2.10. The second kappa shape index (κ2) is 2.98. The SMILES string of the molecule is CC(C)C1CN(C(C)(C)C)CC12CC2. The Kier molecular flexibility index (Phi) is 2.23. The van der Waals surface area contributed by atoms with Crippen molar-refractivity contribution in [3.05, 3.63) is 0 Å². The second-order valence-corrected chi connectivity index (χ2v) is 6.76. The molecule has 1 spiro atoms. The number of hydrogen-bond donors (Lipinski definition) is 0. The summed E-state index contributed by atoms with van der Waals surface area (Å²) in [6.45, 7) is 14.6. The maximum atomic E-state index is 2.70. The first-order valence-corrected chi connectivity index (χ1v) is 6.10. The quantitative estimate of drug-likeness (QED) is 0.621. The summed E-state index contributed by atoms with van der Waals surface area (Å²) in [5.41, 5.74) is 1.11. The summed E-state index contributed by atoms with van der Waals surface area (Å²) in [4.78, 5) is 2.70. The van der Waals surface area contributed by atoms with Crippen molar-refractivity contribution in [2.45, 2.75) is 53.0 Å². The third-order valence-electron chi connectivity index (χ3n) is 4.36. The van der Waals surface area contributed by atoms with Crippen molar-refractivity contribution in [2.75, 3.05) is 13.1 Å². The van der Waals surface area contributed by atoms with Gasteiger partial charge in [-0.3, -0.25) is 4.90 Å². The van der Waals surface area contributed by atoms with Crippen LogP contribution in [0, 0.1) is 17.3 Å². The fraction of sp³-hybridized carbons (Fsp3) is 1.00. The standard InChI is InChI=1S/C13H25N/c1-10(2)11-8-14(12(3,4)5)9-13(11)6-7-13/h10-11H,6-9H2,1-5H3. The van der Waals surface area contributed by atoms with Crippen LogP contribution in [0.15, 0.2) is 0 Å². The van der Waals surface area contributed by atoms with E-state index in [0.717, 1.165) is 17.3 Å². The van der Waals surface area contributed by atoms with Gasteiger partial charge >= 0.3 is 0 Å². The van der Waals surface area contributed by atoms with Crippen LogP contribution in [-0.2, 0) is 0 Å². The number of hydrogen-bond acceptors (Lipinski definition) is 1. The molecule has 0 aromatic carbocycles. The van der Waals surface area contributed by atoms with E-state index in [1.165, 1.54) is 25.9 Å². The first-order chi connectivity index (χ1) is 6.35. The van der Waals surface area contributed by atoms with Gasteiger partial charge in [0.05, 0.1) is 0 Å². The summed E-state index contributed by atoms with van der Waals surface area (Å²) in [6, 6.07) is 0. The molecule has 1 saturated heterocycles. The molecule has 1 aliphatic heterocycles. The number of nitrogens with zero attached hydrogens (tertiary/aromatic N) is 1. The first kappa shape index (κ1) is 10.5. The van der Waals surface area contributed by atoms with Crippen LogP contribution in [0.2, 0.25) is 0 Å². The zero-order valence-corrected chi connectivity index (χ0v) is 10.4. The molecule has 1 aliphatic carbocycles. The molecule has 2 fully saturated rings. The number of likely N-dealkylation sites (tertiary alicyclic amines) is 1. The third kappa shape index (κ3) is 1.60. The average Bonchev–Trinajstić information content (AvgIpc) is 2.59. The molecule has 2 aliphatic rings. The predicted molar refractivity (Wildman–Crippen MR) is 61.3 cm³/mol. The first-order valence-electron chi connectivity index (χ1n) is 6.10. The highest BCUT2D eigenvalue weighted by molar-refractivity contribution is 5.08. The highest BCUT2D eigenvalue weighted by atomic mass is 15.2. The molecule has 1 unspecified atom stereocenters. The van der Waals surface area contributed by atoms with Crippen LogP contribution < -0.4 is 0 Å². The van der Waals surface area contributed by atoms with E-state index in [0.29, 0.717) is 5.54 Å². The normalized spacial score (nSPS) is 31.7. The molecule has 2 rings (SSSR count). The van der Waals surface area contributed by atoms with Gasteiger partial charge in [-0.2, -0.15) is 0 Å². The summed E-state index contributed by atoms with van der Waals surface area (Å²) in [6.07, 6.45) is 2.98. The van der Waals surface area contributed by atoms with Gasteiger partial charge in [-0.05, 0) is 50.9 Å². The monoisotopic (exact) mass is 195 g/mol. The van der Waals surface area contributed by atoms with Crippen molar-refractivity contribution in [3.8, 4) is 0 Å². The molecule has 0 aromatic heterocycles. The van der Waals surface area contributed by atoms with Crippen molar-refractivity contribution >= 4 is 0 Å². The molecular weight excluding hydrogens is 170 g/mol. The van der Waals surface area contributed by atoms with E-state index in [1.807, 2.05) is 0 Å². The maximum Gasteiger partial charge on any atom is 0.0125 e. The van der Waals surface area contributed by atoms with Gasteiger partial charge < -0.3 is 0 Å². The molecule has 1 atom stereocenters. The Hall–Kier alpha value is -0.0400. The van der Waals surface area contributed by atoms with E-state index in [-0.39, 0.29) is 0 Å². The molecule has 1 saturated carbocycles. The van der Waals surface area contributed by atoms with Crippen LogP contribution >= 0.6 is 0 Å². The largest absolute Gasteiger partial charge is 0.298 e. The van der Waals surface area contributed by atoms with Crippen LogP contribution in [0.4, 0.5) is 0 Å². The minimum absolute atomic E-state index is 0.374. The minimum atomic E-state index is 0.374. The van der Waals surface area contributed by atoms with Gasteiger partial charge in [0, 0.05) is 18.6 Å². The zero-order valence-electron chi connectivity index (χ0n) is 10.4. The highest BCUT2D eigenvalue weighted by Gasteiger charge is 2.56. The summed E-state index contributed by atoms with van der Waals surface area (Å²) >= 11 is 0. The Morgan fingerprint density at radius 1 is 1.21 bits per heavy atom. The van der Waals surface area contributed by atoms with Crippen molar-refractivity contribution < 1.29 is 0 Å². The Morgan fingerprint density at radius 2 is 1.79 bits per heavy atom. The van der Waals surface area contributed by atoms with Crippen LogP contribution in [0.25, 0.3) is 0 Å². The molecule has 0 radical (unpaired) electrons. The lowest BCUT2D eigenvalue weighted by molar-refractivity contribution is 0.161. The molecule has 0 amide bonds. The van der Waals surface area contributed by atoms with Gasteiger partial charge in [0.15, 0.2) is 0 Å². The van der Waals surface area contributed by atoms with Gasteiger partial charge in [0.1, 0.15) is 0 Å². The summed E-state index contributed by atoms with van der Waals surface area (Å²) in [7, 11) is 0. The summed E-state index contributed by atoms with van der Waals surface area (Å²) in [5, 5.41) is 0. The number of rotatable bonds is 1. The van der Waals surface area contributed by atoms with Gasteiger partial charge in [-0.1, -0.05) is 13.8 Å². The summed E-state index contributed by atoms with van der Waals surface area (Å²) < 4.78 is 0. The molecule has 1 heterocycles. The van der Waals surface area contributed by atoms with Gasteiger partial charge in [-0.15, -0.1) is 0 Å². The van der Waals surface area contributed by atoms with Crippen LogP contribution in [-0.4, -0.2) is 23.5 Å². The molecule has 14 heavy (non-hydrogen) atoms. The molecule has 1 nitrogen and oxygen atoms in total. The van der Waals surface area contributed by atoms with Crippen molar-refractivity contribution in [2.24, 2.45) is 17.3 Å². The van der Waals surface area contributed by atoms with E-state index in [9.17, 15) is 0 Å². The zero-order chi connectivity index (χ0) is 10.6. The Morgan fingerprint density at radius 3 is 2.07 bits per heavy atom. The predicted octanol–water partition coefficient (Wildman–Crippen LogP) is 3.15. The highest BCUT2D eigenvalue weighted by Crippen LogP contribution is 2.59. The lowest BCUT2D eigenvalue weighted by atomic mass is 9.84. The van der Waals surface area contributed by atoms with E-state index in [4.69, 9.17) is 0 Å². The fourth-order valence-electron chi connectivity index (χ4n) is 3.11. The van der Waals surface area contributed by atoms with Crippen LogP contribution in [0.5, 0.6) is 0 Å². The van der Waals surface area contributed by atoms with Gasteiger partial charge in [0.2, 0.25) is 0 Å². The fourth-order valence-corrected chi connectivity index (χ4v) is 3.11. The minimum Gasteiger partial charge on any atom is -0.298 e. The lowest BCUT2D eigenvalue weighted by Crippen LogP contribution is -2.40. The molecular formula is C13H25N. The van der Waals surface area contributed by atoms with Crippen LogP contribution in [0.3, 0.4) is 0 Å². The molecule has 0 N–H and O–H groups in total. The van der Waals surface area contributed by atoms with Gasteiger partial charge in [0.25, 0.3) is 0 Å². The molecule has 82 valence electrons. The van der Waals surface area contributed by atoms with E-state index in [1.54, 1.807) is 0 Å². The van der Waals surface area contributed by atoms with Crippen molar-refractivity contribution in [1.29, 1.82) is 0 Å². The molecule has 1 heteroatoms. The van der Waals surface area contributed by atoms with Gasteiger partial charge in [-0.25, -0.2) is 0 Å². The smallest absolute Gasteiger partial charge is 0.0125 e. The topological polar surface area (TPSA) is 3.24 Å². The van der Waals surface area contributed by atoms with E-state index < -0.39 is 0 Å². The van der Waals surface area contributed by atoms with Crippen LogP contribution in [0.1, 0.15) is 47.5 Å². The van der Waals surface area contributed by atoms with E-state index >= 15 is 0 Å². The molecule has 0 bridgehead atoms. The third-order valence-corrected chi connectivity index (χ3v) is 4.36.